The van der Waals surface area contributed by atoms with Crippen molar-refractivity contribution in [2.24, 2.45) is 0 Å². The van der Waals surface area contributed by atoms with Crippen LogP contribution in [-0.4, -0.2) is 9.79 Å². The predicted molar refractivity (Wildman–Crippen MR) is 47.9 cm³/mol. The smallest absolute Gasteiger partial charge is 0.402 e. The van der Waals surface area contributed by atoms with Crippen molar-refractivity contribution in [3.05, 3.63) is 18.2 Å². The summed E-state index contributed by atoms with van der Waals surface area (Å²) < 4.78 is 14.7. The van der Waals surface area contributed by atoms with Gasteiger partial charge in [0.2, 0.25) is 0 Å². The fourth-order valence-electron chi connectivity index (χ4n) is 0.758. The highest BCUT2D eigenvalue weighted by atomic mass is 31.2. The number of hydrogen-bond acceptors (Lipinski definition) is 4. The van der Waals surface area contributed by atoms with Gasteiger partial charge in [0.1, 0.15) is 0 Å². The van der Waals surface area contributed by atoms with E-state index in [1.165, 1.54) is 18.2 Å². The Kier molecular flexibility index (Phi) is 2.47. The fourth-order valence-corrected chi connectivity index (χ4v) is 1.17. The molecule has 0 spiro atoms. The Morgan fingerprint density at radius 3 is 2.46 bits per heavy atom. The Morgan fingerprint density at radius 1 is 1.31 bits per heavy atom. The highest BCUT2D eigenvalue weighted by Crippen LogP contribution is 2.40. The molecule has 0 aliphatic heterocycles. The maximum Gasteiger partial charge on any atom is 0.524 e. The fraction of sp³-hybridized carbons (Fsp3) is 0. The Hall–Kier alpha value is -1.23. The summed E-state index contributed by atoms with van der Waals surface area (Å²) in [5.41, 5.74) is 11.2. The normalized spacial score (nSPS) is 11.2. The maximum absolute atomic E-state index is 10.4. The number of nitrogens with two attached hydrogens (primary N) is 2. The molecule has 0 amide bonds. The average Bonchev–Trinajstić information content (AvgIpc) is 1.94. The summed E-state index contributed by atoms with van der Waals surface area (Å²) in [6, 6.07) is 4.15. The second kappa shape index (κ2) is 3.26. The maximum atomic E-state index is 10.4. The molecule has 0 saturated carbocycles. The Bertz CT molecular complexity index is 362. The molecule has 0 unspecified atom stereocenters. The van der Waals surface area contributed by atoms with Crippen molar-refractivity contribution in [2.45, 2.75) is 0 Å². The van der Waals surface area contributed by atoms with Gasteiger partial charge >= 0.3 is 7.82 Å². The summed E-state index contributed by atoms with van der Waals surface area (Å²) in [4.78, 5) is 17.0. The summed E-state index contributed by atoms with van der Waals surface area (Å²) >= 11 is 0. The molecular weight excluding hydrogens is 195 g/mol. The van der Waals surface area contributed by atoms with E-state index in [0.717, 1.165) is 0 Å². The molecule has 0 bridgehead atoms. The van der Waals surface area contributed by atoms with Crippen molar-refractivity contribution >= 4 is 19.2 Å². The lowest BCUT2D eigenvalue weighted by Gasteiger charge is -2.09. The van der Waals surface area contributed by atoms with E-state index in [4.69, 9.17) is 21.3 Å². The predicted octanol–water partition coefficient (Wildman–Crippen LogP) is 0.323. The van der Waals surface area contributed by atoms with Gasteiger partial charge in [0.25, 0.3) is 0 Å². The SMILES string of the molecule is Nc1ccc(N)c(OP(=O)(O)O)c1. The molecule has 72 valence electrons. The Labute approximate surface area is 74.4 Å². The van der Waals surface area contributed by atoms with Gasteiger partial charge in [0.15, 0.2) is 5.75 Å². The van der Waals surface area contributed by atoms with Crippen LogP contribution in [0, 0.1) is 0 Å². The molecule has 0 aromatic heterocycles. The molecule has 6 nitrogen and oxygen atoms in total. The first-order valence-electron chi connectivity index (χ1n) is 3.28. The summed E-state index contributed by atoms with van der Waals surface area (Å²) in [6.45, 7) is 0. The summed E-state index contributed by atoms with van der Waals surface area (Å²) in [5, 5.41) is 0. The minimum Gasteiger partial charge on any atom is -0.402 e. The quantitative estimate of drug-likeness (QED) is 0.407. The first kappa shape index (κ1) is 9.85. The summed E-state index contributed by atoms with van der Waals surface area (Å²) in [7, 11) is -4.57. The molecule has 0 aliphatic carbocycles. The van der Waals surface area contributed by atoms with Gasteiger partial charge in [-0.15, -0.1) is 0 Å². The van der Waals surface area contributed by atoms with Gasteiger partial charge in [-0.05, 0) is 12.1 Å². The van der Waals surface area contributed by atoms with E-state index in [9.17, 15) is 4.57 Å². The number of benzene rings is 1. The third-order valence-corrected chi connectivity index (χ3v) is 1.69. The van der Waals surface area contributed by atoms with Gasteiger partial charge < -0.3 is 16.0 Å². The van der Waals surface area contributed by atoms with Gasteiger partial charge in [0.05, 0.1) is 5.69 Å². The molecule has 7 heteroatoms. The third kappa shape index (κ3) is 2.95. The van der Waals surface area contributed by atoms with Gasteiger partial charge in [-0.2, -0.15) is 0 Å². The van der Waals surface area contributed by atoms with E-state index < -0.39 is 7.82 Å². The zero-order valence-corrected chi connectivity index (χ0v) is 7.44. The van der Waals surface area contributed by atoms with Gasteiger partial charge in [0, 0.05) is 11.8 Å². The molecule has 0 heterocycles. The summed E-state index contributed by atoms with van der Waals surface area (Å²) in [6.07, 6.45) is 0. The lowest BCUT2D eigenvalue weighted by Crippen LogP contribution is -1.96. The molecule has 0 atom stereocenters. The van der Waals surface area contributed by atoms with E-state index in [1.807, 2.05) is 0 Å². The second-order valence-electron chi connectivity index (χ2n) is 2.38. The zero-order chi connectivity index (χ0) is 10.1. The summed E-state index contributed by atoms with van der Waals surface area (Å²) in [5.74, 6) is -0.117. The Morgan fingerprint density at radius 2 is 1.92 bits per heavy atom. The minimum absolute atomic E-state index is 0.117. The van der Waals surface area contributed by atoms with Crippen LogP contribution in [0.1, 0.15) is 0 Å². The van der Waals surface area contributed by atoms with Crippen LogP contribution in [0.4, 0.5) is 11.4 Å². The molecule has 1 rings (SSSR count). The van der Waals surface area contributed by atoms with Crippen LogP contribution in [0.15, 0.2) is 18.2 Å². The molecule has 1 aromatic carbocycles. The van der Waals surface area contributed by atoms with E-state index in [0.29, 0.717) is 5.69 Å². The zero-order valence-electron chi connectivity index (χ0n) is 6.54. The van der Waals surface area contributed by atoms with Crippen LogP contribution in [0.2, 0.25) is 0 Å². The monoisotopic (exact) mass is 204 g/mol. The number of hydrogen-bond donors (Lipinski definition) is 4. The lowest BCUT2D eigenvalue weighted by atomic mass is 10.3. The first-order chi connectivity index (χ1) is 5.88. The highest BCUT2D eigenvalue weighted by molar-refractivity contribution is 7.46. The van der Waals surface area contributed by atoms with Crippen molar-refractivity contribution in [1.82, 2.24) is 0 Å². The number of nitrogen functional groups attached to an aromatic ring is 2. The molecule has 1 aromatic rings. The molecule has 13 heavy (non-hydrogen) atoms. The standard InChI is InChI=1S/C6H9N2O4P/c7-4-1-2-5(8)6(3-4)12-13(9,10)11/h1-3H,7-8H2,(H2,9,10,11). The molecule has 0 fully saturated rings. The Balaban J connectivity index is 3.01. The van der Waals surface area contributed by atoms with Crippen LogP contribution in [0.3, 0.4) is 0 Å². The van der Waals surface area contributed by atoms with Gasteiger partial charge in [-0.25, -0.2) is 4.57 Å². The third-order valence-electron chi connectivity index (χ3n) is 1.25. The molecule has 0 saturated heterocycles. The number of rotatable bonds is 2. The highest BCUT2D eigenvalue weighted by Gasteiger charge is 2.17. The lowest BCUT2D eigenvalue weighted by molar-refractivity contribution is 0.284. The van der Waals surface area contributed by atoms with E-state index >= 15 is 0 Å². The second-order valence-corrected chi connectivity index (χ2v) is 3.54. The van der Waals surface area contributed by atoms with Crippen LogP contribution in [0.5, 0.6) is 5.75 Å². The van der Waals surface area contributed by atoms with Crippen LogP contribution in [-0.2, 0) is 4.57 Å². The first-order valence-corrected chi connectivity index (χ1v) is 4.81. The van der Waals surface area contributed by atoms with E-state index in [-0.39, 0.29) is 11.4 Å². The van der Waals surface area contributed by atoms with Crippen molar-refractivity contribution < 1.29 is 18.9 Å². The average molecular weight is 204 g/mol. The largest absolute Gasteiger partial charge is 0.524 e. The van der Waals surface area contributed by atoms with Gasteiger partial charge in [-0.3, -0.25) is 9.79 Å². The molecule has 6 N–H and O–H groups in total. The van der Waals surface area contributed by atoms with Crippen LogP contribution < -0.4 is 16.0 Å². The van der Waals surface area contributed by atoms with Crippen molar-refractivity contribution in [3.63, 3.8) is 0 Å². The van der Waals surface area contributed by atoms with Crippen LogP contribution >= 0.6 is 7.82 Å². The van der Waals surface area contributed by atoms with E-state index in [2.05, 4.69) is 4.52 Å². The number of phosphoric acid groups is 1. The topological polar surface area (TPSA) is 119 Å². The van der Waals surface area contributed by atoms with Crippen molar-refractivity contribution in [2.75, 3.05) is 11.5 Å². The number of anilines is 2. The molecule has 0 radical (unpaired) electrons. The van der Waals surface area contributed by atoms with Gasteiger partial charge in [-0.1, -0.05) is 0 Å². The number of phosphoric ester groups is 1. The van der Waals surface area contributed by atoms with Crippen molar-refractivity contribution in [1.29, 1.82) is 0 Å². The molecule has 0 aliphatic rings. The van der Waals surface area contributed by atoms with E-state index in [1.54, 1.807) is 0 Å². The van der Waals surface area contributed by atoms with Crippen LogP contribution in [0.25, 0.3) is 0 Å². The van der Waals surface area contributed by atoms with Crippen molar-refractivity contribution in [3.8, 4) is 5.75 Å². The molecular formula is C6H9N2O4P. The minimum atomic E-state index is -4.57.